The molecular formula is C15H26F2N4O2. The number of nitrogens with zero attached hydrogens (tertiary/aromatic N) is 2. The summed E-state index contributed by atoms with van der Waals surface area (Å²) in [5, 5.41) is 0. The van der Waals surface area contributed by atoms with Crippen LogP contribution in [0.3, 0.4) is 0 Å². The van der Waals surface area contributed by atoms with Gasteiger partial charge in [0.25, 0.3) is 5.92 Å². The van der Waals surface area contributed by atoms with E-state index in [0.717, 1.165) is 4.90 Å². The summed E-state index contributed by atoms with van der Waals surface area (Å²) in [4.78, 5) is 28.5. The third kappa shape index (κ3) is 3.45. The largest absolute Gasteiger partial charge is 0.369 e. The van der Waals surface area contributed by atoms with Gasteiger partial charge >= 0.3 is 0 Å². The van der Waals surface area contributed by atoms with Gasteiger partial charge in [-0.2, -0.15) is 0 Å². The molecule has 132 valence electrons. The third-order valence-electron chi connectivity index (χ3n) is 4.61. The molecule has 0 bridgehead atoms. The van der Waals surface area contributed by atoms with E-state index in [9.17, 15) is 18.4 Å². The fourth-order valence-electron chi connectivity index (χ4n) is 2.90. The van der Waals surface area contributed by atoms with E-state index >= 15 is 0 Å². The van der Waals surface area contributed by atoms with Crippen LogP contribution in [0.5, 0.6) is 0 Å². The number of guanidine groups is 1. The number of rotatable bonds is 5. The first kappa shape index (κ1) is 19.3. The van der Waals surface area contributed by atoms with Crippen LogP contribution in [0.4, 0.5) is 8.78 Å². The number of carbonyl (C=O) groups is 2. The molecule has 1 fully saturated rings. The van der Waals surface area contributed by atoms with E-state index in [1.54, 1.807) is 0 Å². The molecule has 2 atom stereocenters. The zero-order valence-electron chi connectivity index (χ0n) is 14.1. The van der Waals surface area contributed by atoms with E-state index < -0.39 is 29.2 Å². The Bertz CT molecular complexity index is 504. The number of halogens is 2. The van der Waals surface area contributed by atoms with Crippen molar-refractivity contribution in [1.82, 2.24) is 4.90 Å². The minimum absolute atomic E-state index is 0.0547. The molecule has 6 nitrogen and oxygen atoms in total. The molecule has 0 aromatic rings. The maximum absolute atomic E-state index is 13.5. The second-order valence-electron chi connectivity index (χ2n) is 5.74. The highest BCUT2D eigenvalue weighted by Crippen LogP contribution is 2.55. The van der Waals surface area contributed by atoms with E-state index in [2.05, 4.69) is 4.99 Å². The number of primary amides is 1. The minimum atomic E-state index is -3.17. The first-order chi connectivity index (χ1) is 10.7. The van der Waals surface area contributed by atoms with E-state index in [0.29, 0.717) is 12.8 Å². The van der Waals surface area contributed by atoms with Crippen LogP contribution in [-0.2, 0) is 9.59 Å². The SMILES string of the molecule is CC.CCC1(CC)CC(=O)N(C[C@@H]2C(C(N)=O)C2(F)F)C(N)=N1. The number of hydrogen-bond acceptors (Lipinski definition) is 4. The van der Waals surface area contributed by atoms with Crippen molar-refractivity contribution in [2.75, 3.05) is 6.54 Å². The Kier molecular flexibility index (Phi) is 5.71. The smallest absolute Gasteiger partial charge is 0.265 e. The Labute approximate surface area is 135 Å². The quantitative estimate of drug-likeness (QED) is 0.797. The van der Waals surface area contributed by atoms with Gasteiger partial charge in [-0.05, 0) is 12.8 Å². The number of carbonyl (C=O) groups excluding carboxylic acids is 2. The summed E-state index contributed by atoms with van der Waals surface area (Å²) in [6.07, 6.45) is 1.43. The lowest BCUT2D eigenvalue weighted by atomic mass is 9.88. The Morgan fingerprint density at radius 3 is 2.22 bits per heavy atom. The second-order valence-corrected chi connectivity index (χ2v) is 5.74. The Morgan fingerprint density at radius 2 is 1.87 bits per heavy atom. The Hall–Kier alpha value is -1.73. The van der Waals surface area contributed by atoms with Gasteiger partial charge in [-0.25, -0.2) is 13.8 Å². The fraction of sp³-hybridized carbons (Fsp3) is 0.800. The number of amides is 2. The molecule has 1 aliphatic carbocycles. The predicted molar refractivity (Wildman–Crippen MR) is 83.7 cm³/mol. The first-order valence-corrected chi connectivity index (χ1v) is 8.01. The maximum atomic E-state index is 13.5. The van der Waals surface area contributed by atoms with Crippen molar-refractivity contribution in [2.45, 2.75) is 58.4 Å². The van der Waals surface area contributed by atoms with Gasteiger partial charge < -0.3 is 11.5 Å². The molecule has 0 spiro atoms. The van der Waals surface area contributed by atoms with Gasteiger partial charge in [0.1, 0.15) is 5.92 Å². The zero-order chi connectivity index (χ0) is 18.0. The molecule has 8 heteroatoms. The molecule has 2 amide bonds. The molecule has 0 aromatic heterocycles. The molecule has 1 aliphatic heterocycles. The van der Waals surface area contributed by atoms with Crippen LogP contribution < -0.4 is 11.5 Å². The second kappa shape index (κ2) is 6.80. The van der Waals surface area contributed by atoms with Crippen molar-refractivity contribution < 1.29 is 18.4 Å². The molecule has 23 heavy (non-hydrogen) atoms. The highest BCUT2D eigenvalue weighted by Gasteiger charge is 2.71. The topological polar surface area (TPSA) is 102 Å². The van der Waals surface area contributed by atoms with Gasteiger partial charge in [0, 0.05) is 6.54 Å². The monoisotopic (exact) mass is 332 g/mol. The van der Waals surface area contributed by atoms with Crippen LogP contribution in [0, 0.1) is 11.8 Å². The van der Waals surface area contributed by atoms with Crippen LogP contribution in [0.2, 0.25) is 0 Å². The van der Waals surface area contributed by atoms with E-state index in [4.69, 9.17) is 11.5 Å². The summed E-state index contributed by atoms with van der Waals surface area (Å²) in [5.41, 5.74) is 10.2. The summed E-state index contributed by atoms with van der Waals surface area (Å²) in [5.74, 6) is -7.42. The maximum Gasteiger partial charge on any atom is 0.265 e. The van der Waals surface area contributed by atoms with E-state index in [1.165, 1.54) is 0 Å². The van der Waals surface area contributed by atoms with Crippen molar-refractivity contribution >= 4 is 17.8 Å². The van der Waals surface area contributed by atoms with Crippen LogP contribution in [0.1, 0.15) is 47.0 Å². The van der Waals surface area contributed by atoms with Gasteiger partial charge in [-0.1, -0.05) is 27.7 Å². The lowest BCUT2D eigenvalue weighted by Gasteiger charge is -2.36. The van der Waals surface area contributed by atoms with Crippen molar-refractivity contribution in [3.05, 3.63) is 0 Å². The Morgan fingerprint density at radius 1 is 1.35 bits per heavy atom. The lowest BCUT2D eigenvalue weighted by Crippen LogP contribution is -2.52. The van der Waals surface area contributed by atoms with Gasteiger partial charge in [-0.15, -0.1) is 0 Å². The van der Waals surface area contributed by atoms with Gasteiger partial charge in [-0.3, -0.25) is 14.5 Å². The highest BCUT2D eigenvalue weighted by atomic mass is 19.3. The summed E-state index contributed by atoms with van der Waals surface area (Å²) >= 11 is 0. The van der Waals surface area contributed by atoms with Crippen molar-refractivity contribution in [2.24, 2.45) is 28.3 Å². The van der Waals surface area contributed by atoms with E-state index in [-0.39, 0.29) is 24.8 Å². The molecule has 1 saturated carbocycles. The summed E-state index contributed by atoms with van der Waals surface area (Å²) in [6, 6.07) is 0. The average molecular weight is 332 g/mol. The molecule has 0 aromatic carbocycles. The standard InChI is InChI=1S/C13H20F2N4O2.C2H6/c1-3-12(4-2)5-8(20)19(11(17)18-12)6-7-9(10(16)21)13(7,14)15;1-2/h7,9H,3-6H2,1-2H3,(H2,16,21)(H2,17,18);1-2H3/t7-,9?;/m1./s1. The zero-order valence-corrected chi connectivity index (χ0v) is 14.1. The van der Waals surface area contributed by atoms with Crippen LogP contribution >= 0.6 is 0 Å². The number of nitrogens with two attached hydrogens (primary N) is 2. The average Bonchev–Trinajstić information content (AvgIpc) is 3.06. The highest BCUT2D eigenvalue weighted by molar-refractivity contribution is 5.99. The molecule has 2 rings (SSSR count). The lowest BCUT2D eigenvalue weighted by molar-refractivity contribution is -0.130. The number of aliphatic imine (C=N–C) groups is 1. The third-order valence-corrected chi connectivity index (χ3v) is 4.61. The van der Waals surface area contributed by atoms with Crippen LogP contribution in [0.25, 0.3) is 0 Å². The van der Waals surface area contributed by atoms with E-state index in [1.807, 2.05) is 27.7 Å². The normalized spacial score (nSPS) is 27.7. The van der Waals surface area contributed by atoms with Crippen molar-refractivity contribution in [1.29, 1.82) is 0 Å². The van der Waals surface area contributed by atoms with Crippen LogP contribution in [-0.4, -0.2) is 40.7 Å². The van der Waals surface area contributed by atoms with Crippen LogP contribution in [0.15, 0.2) is 4.99 Å². The predicted octanol–water partition coefficient (Wildman–Crippen LogP) is 1.49. The van der Waals surface area contributed by atoms with Crippen molar-refractivity contribution in [3.63, 3.8) is 0 Å². The first-order valence-electron chi connectivity index (χ1n) is 8.01. The fourth-order valence-corrected chi connectivity index (χ4v) is 2.90. The minimum Gasteiger partial charge on any atom is -0.369 e. The molecule has 1 unspecified atom stereocenters. The molecule has 4 N–H and O–H groups in total. The van der Waals surface area contributed by atoms with Crippen molar-refractivity contribution in [3.8, 4) is 0 Å². The summed E-state index contributed by atoms with van der Waals surface area (Å²) in [7, 11) is 0. The number of hydrogen-bond donors (Lipinski definition) is 2. The Balaban J connectivity index is 0.00000127. The van der Waals surface area contributed by atoms with Gasteiger partial charge in [0.15, 0.2) is 5.96 Å². The number of alkyl halides is 2. The van der Waals surface area contributed by atoms with Gasteiger partial charge in [0.2, 0.25) is 11.8 Å². The molecule has 1 heterocycles. The molecule has 0 radical (unpaired) electrons. The van der Waals surface area contributed by atoms with Gasteiger partial charge in [0.05, 0.1) is 17.9 Å². The molecule has 0 saturated heterocycles. The molecule has 2 aliphatic rings. The summed E-state index contributed by atoms with van der Waals surface area (Å²) < 4.78 is 27.0. The molecular weight excluding hydrogens is 306 g/mol. The summed E-state index contributed by atoms with van der Waals surface area (Å²) in [6.45, 7) is 7.49.